The lowest BCUT2D eigenvalue weighted by Gasteiger charge is -2.10. The van der Waals surface area contributed by atoms with Crippen LogP contribution in [0.5, 0.6) is 6.01 Å². The largest absolute Gasteiger partial charge is 0.467 e. The average Bonchev–Trinajstić information content (AvgIpc) is 2.69. The van der Waals surface area contributed by atoms with Crippen LogP contribution in [0, 0.1) is 13.8 Å². The van der Waals surface area contributed by atoms with Gasteiger partial charge in [-0.3, -0.25) is 0 Å². The third-order valence-electron chi connectivity index (χ3n) is 2.74. The number of aromatic nitrogens is 3. The van der Waals surface area contributed by atoms with Crippen molar-refractivity contribution in [3.8, 4) is 11.7 Å². The molecule has 0 saturated heterocycles. The first-order valence-electron chi connectivity index (χ1n) is 6.33. The summed E-state index contributed by atoms with van der Waals surface area (Å²) < 4.78 is 7.90. The summed E-state index contributed by atoms with van der Waals surface area (Å²) in [5, 5.41) is 4.03. The van der Waals surface area contributed by atoms with E-state index in [-0.39, 0.29) is 5.69 Å². The van der Waals surface area contributed by atoms with Gasteiger partial charge in [0.1, 0.15) is 0 Å². The van der Waals surface area contributed by atoms with Crippen LogP contribution in [0.2, 0.25) is 0 Å². The summed E-state index contributed by atoms with van der Waals surface area (Å²) in [5.41, 5.74) is 2.65. The molecule has 0 unspecified atom stereocenters. The Balaban J connectivity index is 0.000000861. The fraction of sp³-hybridized carbons (Fsp3) is 0.429. The zero-order valence-corrected chi connectivity index (χ0v) is 12.4. The highest BCUT2D eigenvalue weighted by Crippen LogP contribution is 2.20. The molecule has 2 aromatic rings. The Morgan fingerprint density at radius 1 is 1.16 bits per heavy atom. The molecule has 0 bridgehead atoms. The summed E-state index contributed by atoms with van der Waals surface area (Å²) in [6.45, 7) is 7.92. The molecule has 0 fully saturated rings. The van der Waals surface area contributed by atoms with Gasteiger partial charge >= 0.3 is 11.7 Å². The second-order valence-electron chi connectivity index (χ2n) is 3.97. The van der Waals surface area contributed by atoms with Crippen LogP contribution in [-0.2, 0) is 7.05 Å². The fourth-order valence-electron chi connectivity index (χ4n) is 1.92. The van der Waals surface area contributed by atoms with Gasteiger partial charge in [0.25, 0.3) is 0 Å². The van der Waals surface area contributed by atoms with Gasteiger partial charge in [0.2, 0.25) is 0 Å². The normalized spacial score (nSPS) is 9.79. The van der Waals surface area contributed by atoms with Crippen molar-refractivity contribution < 1.29 is 4.74 Å². The van der Waals surface area contributed by atoms with Gasteiger partial charge < -0.3 is 4.74 Å². The maximum atomic E-state index is 12.0. The van der Waals surface area contributed by atoms with E-state index in [0.717, 1.165) is 16.8 Å². The van der Waals surface area contributed by atoms with Crippen molar-refractivity contribution in [2.45, 2.75) is 27.7 Å². The molecule has 104 valence electrons. The Morgan fingerprint density at radius 2 is 1.68 bits per heavy atom. The molecule has 5 heteroatoms. The molecule has 0 N–H and O–H groups in total. The van der Waals surface area contributed by atoms with Crippen molar-refractivity contribution in [1.29, 1.82) is 0 Å². The summed E-state index contributed by atoms with van der Waals surface area (Å²) in [6, 6.07) is 6.18. The number of benzene rings is 1. The second kappa shape index (κ2) is 6.22. The summed E-state index contributed by atoms with van der Waals surface area (Å²) in [4.78, 5) is 12.0. The number of hydrogen-bond donors (Lipinski definition) is 0. The number of nitrogens with zero attached hydrogens (tertiary/aromatic N) is 3. The summed E-state index contributed by atoms with van der Waals surface area (Å²) in [5.74, 6) is 0. The van der Waals surface area contributed by atoms with Crippen LogP contribution in [0.25, 0.3) is 5.69 Å². The van der Waals surface area contributed by atoms with E-state index in [0.29, 0.717) is 6.01 Å². The average molecular weight is 263 g/mol. The molecule has 0 saturated carbocycles. The minimum absolute atomic E-state index is 0.209. The van der Waals surface area contributed by atoms with Crippen molar-refractivity contribution in [2.75, 3.05) is 7.11 Å². The Labute approximate surface area is 113 Å². The van der Waals surface area contributed by atoms with E-state index >= 15 is 0 Å². The number of hydrogen-bond acceptors (Lipinski definition) is 3. The number of ether oxygens (including phenoxy) is 1. The van der Waals surface area contributed by atoms with Crippen molar-refractivity contribution in [1.82, 2.24) is 14.3 Å². The van der Waals surface area contributed by atoms with Gasteiger partial charge in [0.05, 0.1) is 12.8 Å². The quantitative estimate of drug-likeness (QED) is 0.834. The van der Waals surface area contributed by atoms with Gasteiger partial charge in [-0.2, -0.15) is 0 Å². The third kappa shape index (κ3) is 2.70. The molecule has 1 aromatic heterocycles. The Morgan fingerprint density at radius 3 is 2.16 bits per heavy atom. The highest BCUT2D eigenvalue weighted by atomic mass is 16.5. The predicted octanol–water partition coefficient (Wildman–Crippen LogP) is 2.22. The first-order chi connectivity index (χ1) is 9.06. The van der Waals surface area contributed by atoms with Crippen molar-refractivity contribution in [2.24, 2.45) is 7.05 Å². The summed E-state index contributed by atoms with van der Waals surface area (Å²) in [7, 11) is 3.11. The van der Waals surface area contributed by atoms with Crippen LogP contribution in [0.15, 0.2) is 23.0 Å². The second-order valence-corrected chi connectivity index (χ2v) is 3.97. The van der Waals surface area contributed by atoms with Crippen molar-refractivity contribution >= 4 is 0 Å². The van der Waals surface area contributed by atoms with Gasteiger partial charge in [0, 0.05) is 7.05 Å². The molecule has 0 aliphatic carbocycles. The van der Waals surface area contributed by atoms with Gasteiger partial charge in [0.15, 0.2) is 0 Å². The van der Waals surface area contributed by atoms with Crippen LogP contribution in [0.3, 0.4) is 0 Å². The zero-order valence-electron chi connectivity index (χ0n) is 12.4. The fourth-order valence-corrected chi connectivity index (χ4v) is 1.92. The first kappa shape index (κ1) is 15.0. The van der Waals surface area contributed by atoms with E-state index in [4.69, 9.17) is 4.74 Å². The van der Waals surface area contributed by atoms with E-state index < -0.39 is 0 Å². The summed E-state index contributed by atoms with van der Waals surface area (Å²) >= 11 is 0. The third-order valence-corrected chi connectivity index (χ3v) is 2.74. The molecule has 5 nitrogen and oxygen atoms in total. The van der Waals surface area contributed by atoms with Gasteiger partial charge in [-0.25, -0.2) is 14.0 Å². The number of rotatable bonds is 2. The molecule has 0 spiro atoms. The highest BCUT2D eigenvalue weighted by Gasteiger charge is 2.16. The van der Waals surface area contributed by atoms with Crippen LogP contribution < -0.4 is 10.4 Å². The number of methoxy groups -OCH3 is 1. The number of para-hydroxylation sites is 1. The SMILES string of the molecule is CC.COc1nn(C)c(=O)n1-c1c(C)cccc1C. The molecule has 19 heavy (non-hydrogen) atoms. The Kier molecular flexibility index (Phi) is 4.92. The minimum atomic E-state index is -0.209. The molecule has 0 aliphatic heterocycles. The molecule has 0 atom stereocenters. The van der Waals surface area contributed by atoms with Crippen LogP contribution in [0.4, 0.5) is 0 Å². The van der Waals surface area contributed by atoms with Gasteiger partial charge in [-0.15, -0.1) is 5.10 Å². The maximum absolute atomic E-state index is 12.0. The molecule has 2 rings (SSSR count). The molecule has 0 radical (unpaired) electrons. The molecular weight excluding hydrogens is 242 g/mol. The van der Waals surface area contributed by atoms with Crippen LogP contribution >= 0.6 is 0 Å². The minimum Gasteiger partial charge on any atom is -0.467 e. The molecule has 0 aliphatic rings. The Bertz CT molecular complexity index is 591. The van der Waals surface area contributed by atoms with Crippen molar-refractivity contribution in [3.63, 3.8) is 0 Å². The molecule has 1 heterocycles. The van der Waals surface area contributed by atoms with Gasteiger partial charge in [-0.05, 0) is 25.0 Å². The van der Waals surface area contributed by atoms with E-state index in [2.05, 4.69) is 5.10 Å². The van der Waals surface area contributed by atoms with Crippen molar-refractivity contribution in [3.05, 3.63) is 39.8 Å². The Hall–Kier alpha value is -2.04. The highest BCUT2D eigenvalue weighted by molar-refractivity contribution is 5.48. The molecule has 1 aromatic carbocycles. The lowest BCUT2D eigenvalue weighted by molar-refractivity contribution is 0.368. The van der Waals surface area contributed by atoms with Crippen LogP contribution in [0.1, 0.15) is 25.0 Å². The van der Waals surface area contributed by atoms with E-state index in [1.807, 2.05) is 45.9 Å². The summed E-state index contributed by atoms with van der Waals surface area (Å²) in [6.07, 6.45) is 0. The zero-order chi connectivity index (χ0) is 14.6. The monoisotopic (exact) mass is 263 g/mol. The first-order valence-corrected chi connectivity index (χ1v) is 6.33. The van der Waals surface area contributed by atoms with E-state index in [9.17, 15) is 4.79 Å². The smallest absolute Gasteiger partial charge is 0.353 e. The molecule has 0 amide bonds. The predicted molar refractivity (Wildman–Crippen MR) is 76.2 cm³/mol. The van der Waals surface area contributed by atoms with E-state index in [1.54, 1.807) is 7.05 Å². The topological polar surface area (TPSA) is 49.1 Å². The maximum Gasteiger partial charge on any atom is 0.353 e. The lowest BCUT2D eigenvalue weighted by Crippen LogP contribution is -2.22. The van der Waals surface area contributed by atoms with Crippen LogP contribution in [-0.4, -0.2) is 21.5 Å². The number of aryl methyl sites for hydroxylation is 3. The molecular formula is C14H21N3O2. The van der Waals surface area contributed by atoms with Gasteiger partial charge in [-0.1, -0.05) is 32.0 Å². The standard InChI is InChI=1S/C12H15N3O2.C2H6/c1-8-6-5-7-9(2)10(8)15-11(17-4)13-14(3)12(15)16;1-2/h5-7H,1-4H3;1-2H3. The van der Waals surface area contributed by atoms with E-state index in [1.165, 1.54) is 16.4 Å². The lowest BCUT2D eigenvalue weighted by atomic mass is 10.1.